The highest BCUT2D eigenvalue weighted by Gasteiger charge is 2.29. The molecule has 5 nitrogen and oxygen atoms in total. The third kappa shape index (κ3) is 1.92. The summed E-state index contributed by atoms with van der Waals surface area (Å²) in [6.07, 6.45) is 3.12. The van der Waals surface area contributed by atoms with Crippen LogP contribution in [0.5, 0.6) is 0 Å². The van der Waals surface area contributed by atoms with Crippen LogP contribution in [-0.2, 0) is 6.54 Å². The number of carbonyl (C=O) groups excluding carboxylic acids is 1. The predicted octanol–water partition coefficient (Wildman–Crippen LogP) is 2.80. The number of rotatable bonds is 1. The molecule has 2 aromatic rings. The first-order valence-electron chi connectivity index (χ1n) is 5.80. The molecule has 0 bridgehead atoms. The van der Waals surface area contributed by atoms with Crippen LogP contribution in [0.15, 0.2) is 30.7 Å². The van der Waals surface area contributed by atoms with E-state index in [0.717, 1.165) is 11.1 Å². The molecule has 96 valence electrons. The Morgan fingerprint density at radius 3 is 3.05 bits per heavy atom. The molecule has 1 aromatic carbocycles. The second-order valence-corrected chi connectivity index (χ2v) is 4.68. The number of amides is 2. The van der Waals surface area contributed by atoms with E-state index in [1.54, 1.807) is 12.3 Å². The van der Waals surface area contributed by atoms with Gasteiger partial charge in [0.1, 0.15) is 12.1 Å². The molecule has 0 radical (unpaired) electrons. The van der Waals surface area contributed by atoms with Gasteiger partial charge in [-0.2, -0.15) is 0 Å². The number of hydrogen-bond donors (Lipinski definition) is 1. The van der Waals surface area contributed by atoms with Crippen LogP contribution >= 0.6 is 11.6 Å². The maximum absolute atomic E-state index is 12.2. The molecular weight excluding hydrogens is 264 g/mol. The molecule has 0 spiro atoms. The van der Waals surface area contributed by atoms with Crippen molar-refractivity contribution in [3.8, 4) is 0 Å². The summed E-state index contributed by atoms with van der Waals surface area (Å²) in [5.74, 6) is 0.579. The first kappa shape index (κ1) is 11.9. The lowest BCUT2D eigenvalue weighted by atomic mass is 10.1. The third-order valence-corrected chi connectivity index (χ3v) is 3.33. The van der Waals surface area contributed by atoms with Gasteiger partial charge in [-0.15, -0.1) is 0 Å². The highest BCUT2D eigenvalue weighted by molar-refractivity contribution is 6.34. The van der Waals surface area contributed by atoms with E-state index in [2.05, 4.69) is 15.3 Å². The summed E-state index contributed by atoms with van der Waals surface area (Å²) in [6, 6.07) is 5.28. The number of fused-ring (bicyclic) bond motifs is 1. The molecule has 2 amide bonds. The van der Waals surface area contributed by atoms with E-state index in [9.17, 15) is 4.79 Å². The number of para-hydroxylation sites is 1. The second-order valence-electron chi connectivity index (χ2n) is 4.27. The van der Waals surface area contributed by atoms with E-state index in [1.807, 2.05) is 19.1 Å². The minimum absolute atomic E-state index is 0.234. The molecule has 1 N–H and O–H groups in total. The molecule has 3 rings (SSSR count). The average Bonchev–Trinajstić information content (AvgIpc) is 2.41. The predicted molar refractivity (Wildman–Crippen MR) is 72.6 cm³/mol. The number of aryl methyl sites for hydroxylation is 1. The normalized spacial score (nSPS) is 14.0. The molecule has 19 heavy (non-hydrogen) atoms. The van der Waals surface area contributed by atoms with Crippen molar-refractivity contribution in [2.45, 2.75) is 13.5 Å². The van der Waals surface area contributed by atoms with Gasteiger partial charge in [-0.1, -0.05) is 23.7 Å². The minimum Gasteiger partial charge on any atom is -0.333 e. The molecule has 0 fully saturated rings. The molecule has 0 atom stereocenters. The van der Waals surface area contributed by atoms with Crippen LogP contribution in [0.4, 0.5) is 16.3 Å². The summed E-state index contributed by atoms with van der Waals surface area (Å²) < 4.78 is 0. The van der Waals surface area contributed by atoms with Crippen molar-refractivity contribution in [2.75, 3.05) is 4.90 Å². The summed E-state index contributed by atoms with van der Waals surface area (Å²) in [4.78, 5) is 21.8. The second kappa shape index (κ2) is 4.51. The maximum atomic E-state index is 12.2. The van der Waals surface area contributed by atoms with Gasteiger partial charge in [-0.25, -0.2) is 19.7 Å². The molecule has 0 aliphatic carbocycles. The van der Waals surface area contributed by atoms with Crippen LogP contribution in [0, 0.1) is 6.92 Å². The van der Waals surface area contributed by atoms with Gasteiger partial charge in [0, 0.05) is 18.3 Å². The van der Waals surface area contributed by atoms with E-state index < -0.39 is 0 Å². The highest BCUT2D eigenvalue weighted by atomic mass is 35.5. The lowest BCUT2D eigenvalue weighted by Gasteiger charge is -2.30. The summed E-state index contributed by atoms with van der Waals surface area (Å²) in [5, 5.41) is 3.30. The van der Waals surface area contributed by atoms with Crippen LogP contribution in [0.25, 0.3) is 0 Å². The van der Waals surface area contributed by atoms with Gasteiger partial charge in [0.2, 0.25) is 0 Å². The molecule has 1 aromatic heterocycles. The van der Waals surface area contributed by atoms with Crippen LogP contribution in [0.1, 0.15) is 11.1 Å². The Bertz CT molecular complexity index is 639. The Balaban J connectivity index is 2.22. The summed E-state index contributed by atoms with van der Waals surface area (Å²) in [5.41, 5.74) is 2.43. The number of carbonyl (C=O) groups is 1. The fourth-order valence-electron chi connectivity index (χ4n) is 2.14. The Kier molecular flexibility index (Phi) is 2.83. The summed E-state index contributed by atoms with van der Waals surface area (Å²) >= 11 is 6.23. The lowest BCUT2D eigenvalue weighted by molar-refractivity contribution is 0.246. The van der Waals surface area contributed by atoms with Gasteiger partial charge >= 0.3 is 6.03 Å². The average molecular weight is 275 g/mol. The van der Waals surface area contributed by atoms with E-state index in [4.69, 9.17) is 11.6 Å². The van der Waals surface area contributed by atoms with Gasteiger partial charge in [-0.05, 0) is 18.6 Å². The molecule has 0 saturated carbocycles. The number of nitrogens with zero attached hydrogens (tertiary/aromatic N) is 3. The zero-order valence-electron chi connectivity index (χ0n) is 10.2. The maximum Gasteiger partial charge on any atom is 0.328 e. The van der Waals surface area contributed by atoms with Crippen LogP contribution in [-0.4, -0.2) is 16.0 Å². The smallest absolute Gasteiger partial charge is 0.328 e. The topological polar surface area (TPSA) is 58.1 Å². The van der Waals surface area contributed by atoms with Gasteiger partial charge in [-0.3, -0.25) is 0 Å². The number of nitrogens with one attached hydrogen (secondary N) is 1. The standard InChI is InChI=1S/C13H11ClN4O/c1-8-3-2-4-10(14)11(8)18-12-9(5-15-7-17-12)6-16-13(18)19/h2-5,7H,6H2,1H3,(H,16,19). The van der Waals surface area contributed by atoms with Crippen LogP contribution in [0.3, 0.4) is 0 Å². The summed E-state index contributed by atoms with van der Waals surface area (Å²) in [6.45, 7) is 2.33. The van der Waals surface area contributed by atoms with Gasteiger partial charge in [0.25, 0.3) is 0 Å². The molecular formula is C13H11ClN4O. The molecule has 2 heterocycles. The van der Waals surface area contributed by atoms with Crippen molar-refractivity contribution in [2.24, 2.45) is 0 Å². The van der Waals surface area contributed by atoms with E-state index >= 15 is 0 Å². The van der Waals surface area contributed by atoms with Crippen LogP contribution in [0.2, 0.25) is 5.02 Å². The molecule has 1 aliphatic heterocycles. The number of benzene rings is 1. The van der Waals surface area contributed by atoms with Crippen molar-refractivity contribution in [3.63, 3.8) is 0 Å². The van der Waals surface area contributed by atoms with E-state index in [0.29, 0.717) is 23.1 Å². The molecule has 6 heteroatoms. The van der Waals surface area contributed by atoms with E-state index in [1.165, 1.54) is 11.2 Å². The summed E-state index contributed by atoms with van der Waals surface area (Å²) in [7, 11) is 0. The molecule has 1 aliphatic rings. The molecule has 0 saturated heterocycles. The fourth-order valence-corrected chi connectivity index (χ4v) is 2.44. The fraction of sp³-hybridized carbons (Fsp3) is 0.154. The third-order valence-electron chi connectivity index (χ3n) is 3.02. The largest absolute Gasteiger partial charge is 0.333 e. The first-order valence-corrected chi connectivity index (χ1v) is 6.18. The van der Waals surface area contributed by atoms with Crippen molar-refractivity contribution >= 4 is 29.1 Å². The number of halogens is 1. The highest BCUT2D eigenvalue weighted by Crippen LogP contribution is 2.36. The number of aromatic nitrogens is 2. The SMILES string of the molecule is Cc1cccc(Cl)c1N1C(=O)NCc2cncnc21. The van der Waals surface area contributed by atoms with E-state index in [-0.39, 0.29) is 6.03 Å². The van der Waals surface area contributed by atoms with Crippen molar-refractivity contribution in [3.05, 3.63) is 46.9 Å². The van der Waals surface area contributed by atoms with Crippen molar-refractivity contribution < 1.29 is 4.79 Å². The Morgan fingerprint density at radius 2 is 2.26 bits per heavy atom. The molecule has 0 unspecified atom stereocenters. The quantitative estimate of drug-likeness (QED) is 0.870. The number of hydrogen-bond acceptors (Lipinski definition) is 3. The Hall–Kier alpha value is -2.14. The minimum atomic E-state index is -0.234. The zero-order valence-corrected chi connectivity index (χ0v) is 11.0. The number of urea groups is 1. The zero-order chi connectivity index (χ0) is 13.4. The monoisotopic (exact) mass is 274 g/mol. The van der Waals surface area contributed by atoms with Crippen molar-refractivity contribution in [1.29, 1.82) is 0 Å². The van der Waals surface area contributed by atoms with Gasteiger partial charge in [0.15, 0.2) is 0 Å². The van der Waals surface area contributed by atoms with Crippen molar-refractivity contribution in [1.82, 2.24) is 15.3 Å². The Labute approximate surface area is 115 Å². The van der Waals surface area contributed by atoms with Gasteiger partial charge < -0.3 is 5.32 Å². The number of anilines is 2. The first-order chi connectivity index (χ1) is 9.18. The van der Waals surface area contributed by atoms with Gasteiger partial charge in [0.05, 0.1) is 10.7 Å². The van der Waals surface area contributed by atoms with Crippen LogP contribution < -0.4 is 10.2 Å². The Morgan fingerprint density at radius 1 is 1.42 bits per heavy atom. The lowest BCUT2D eigenvalue weighted by Crippen LogP contribution is -2.42.